The van der Waals surface area contributed by atoms with Crippen LogP contribution < -0.4 is 0 Å². The van der Waals surface area contributed by atoms with E-state index in [0.29, 0.717) is 29.6 Å². The fourth-order valence-electron chi connectivity index (χ4n) is 3.89. The van der Waals surface area contributed by atoms with Gasteiger partial charge in [0.1, 0.15) is 11.6 Å². The van der Waals surface area contributed by atoms with Crippen molar-refractivity contribution in [3.05, 3.63) is 41.5 Å². The highest BCUT2D eigenvalue weighted by atomic mass is 32.2. The van der Waals surface area contributed by atoms with Crippen molar-refractivity contribution in [1.29, 1.82) is 0 Å². The standard InChI is InChI=1S/C20H23FN4O2S/c21-15-10-8-14(9-11-15)18(26)25-12-4-3-7-16(19(25)27)28-20-22-17(23-24-20)13-5-1-2-6-13/h8-11,13,16H,1-7,12H2,(H,22,23,24)/t16-/m0/s1. The van der Waals surface area contributed by atoms with Crippen LogP contribution >= 0.6 is 11.8 Å². The third-order valence-electron chi connectivity index (χ3n) is 5.45. The minimum Gasteiger partial charge on any atom is -0.278 e. The summed E-state index contributed by atoms with van der Waals surface area (Å²) < 4.78 is 13.1. The average molecular weight is 402 g/mol. The molecule has 1 N–H and O–H groups in total. The highest BCUT2D eigenvalue weighted by Crippen LogP contribution is 2.34. The summed E-state index contributed by atoms with van der Waals surface area (Å²) in [6, 6.07) is 5.31. The van der Waals surface area contributed by atoms with Crippen LogP contribution in [0.3, 0.4) is 0 Å². The summed E-state index contributed by atoms with van der Waals surface area (Å²) in [5.74, 6) is 0.335. The maximum Gasteiger partial charge on any atom is 0.260 e. The Morgan fingerprint density at radius 2 is 1.82 bits per heavy atom. The third-order valence-corrected chi connectivity index (χ3v) is 6.56. The zero-order valence-electron chi connectivity index (χ0n) is 15.6. The lowest BCUT2D eigenvalue weighted by atomic mass is 10.1. The molecule has 4 rings (SSSR count). The van der Waals surface area contributed by atoms with Gasteiger partial charge in [0.2, 0.25) is 11.1 Å². The number of aromatic amines is 1. The molecule has 2 aromatic rings. The summed E-state index contributed by atoms with van der Waals surface area (Å²) in [5.41, 5.74) is 0.321. The Bertz CT molecular complexity index is 848. The van der Waals surface area contributed by atoms with Gasteiger partial charge in [0.15, 0.2) is 0 Å². The van der Waals surface area contributed by atoms with E-state index in [-0.39, 0.29) is 17.1 Å². The largest absolute Gasteiger partial charge is 0.278 e. The molecule has 6 nitrogen and oxygen atoms in total. The number of rotatable bonds is 4. The number of aromatic nitrogens is 3. The number of thioether (sulfide) groups is 1. The number of nitrogens with zero attached hydrogens (tertiary/aromatic N) is 3. The van der Waals surface area contributed by atoms with E-state index in [2.05, 4.69) is 15.2 Å². The molecule has 1 aromatic carbocycles. The molecular weight excluding hydrogens is 379 g/mol. The van der Waals surface area contributed by atoms with Crippen molar-refractivity contribution < 1.29 is 14.0 Å². The molecule has 1 saturated carbocycles. The van der Waals surface area contributed by atoms with Gasteiger partial charge in [-0.05, 0) is 49.9 Å². The number of benzene rings is 1. The van der Waals surface area contributed by atoms with E-state index in [1.165, 1.54) is 53.8 Å². The van der Waals surface area contributed by atoms with Crippen LogP contribution in [0.1, 0.15) is 67.0 Å². The molecule has 2 fully saturated rings. The number of hydrogen-bond acceptors (Lipinski definition) is 5. The highest BCUT2D eigenvalue weighted by Gasteiger charge is 2.33. The van der Waals surface area contributed by atoms with E-state index in [0.717, 1.165) is 31.5 Å². The second-order valence-electron chi connectivity index (χ2n) is 7.39. The predicted octanol–water partition coefficient (Wildman–Crippen LogP) is 3.92. The Morgan fingerprint density at radius 3 is 2.57 bits per heavy atom. The monoisotopic (exact) mass is 402 g/mol. The van der Waals surface area contributed by atoms with E-state index >= 15 is 0 Å². The Hall–Kier alpha value is -2.22. The lowest BCUT2D eigenvalue weighted by Crippen LogP contribution is -2.41. The molecule has 1 aliphatic carbocycles. The molecule has 8 heteroatoms. The van der Waals surface area contributed by atoms with Crippen molar-refractivity contribution in [2.45, 2.75) is 61.3 Å². The quantitative estimate of drug-likeness (QED) is 0.785. The van der Waals surface area contributed by atoms with Gasteiger partial charge in [0.05, 0.1) is 5.25 Å². The van der Waals surface area contributed by atoms with Gasteiger partial charge in [-0.25, -0.2) is 9.37 Å². The summed E-state index contributed by atoms with van der Waals surface area (Å²) in [4.78, 5) is 31.7. The molecule has 2 amide bonds. The number of hydrogen-bond donors (Lipinski definition) is 1. The van der Waals surface area contributed by atoms with Crippen LogP contribution in [-0.2, 0) is 4.79 Å². The predicted molar refractivity (Wildman–Crippen MR) is 104 cm³/mol. The normalized spacial score (nSPS) is 21.1. The summed E-state index contributed by atoms with van der Waals surface area (Å²) in [6.07, 6.45) is 6.99. The molecule has 0 unspecified atom stereocenters. The molecule has 1 aliphatic heterocycles. The smallest absolute Gasteiger partial charge is 0.260 e. The lowest BCUT2D eigenvalue weighted by molar-refractivity contribution is -0.127. The zero-order valence-corrected chi connectivity index (χ0v) is 16.4. The van der Waals surface area contributed by atoms with Crippen molar-refractivity contribution in [2.24, 2.45) is 0 Å². The first-order chi connectivity index (χ1) is 13.6. The van der Waals surface area contributed by atoms with Crippen molar-refractivity contribution in [3.8, 4) is 0 Å². The summed E-state index contributed by atoms with van der Waals surface area (Å²) in [7, 11) is 0. The first-order valence-corrected chi connectivity index (χ1v) is 10.7. The number of amides is 2. The van der Waals surface area contributed by atoms with Gasteiger partial charge < -0.3 is 0 Å². The third kappa shape index (κ3) is 4.11. The Labute approximate surface area is 167 Å². The van der Waals surface area contributed by atoms with Crippen molar-refractivity contribution in [1.82, 2.24) is 20.1 Å². The van der Waals surface area contributed by atoms with E-state index < -0.39 is 5.82 Å². The summed E-state index contributed by atoms with van der Waals surface area (Å²) in [5, 5.41) is 7.49. The molecule has 1 aromatic heterocycles. The SMILES string of the molecule is O=C(c1ccc(F)cc1)N1CCCC[C@H](Sc2n[nH]c(C3CCCC3)n2)C1=O. The molecule has 1 saturated heterocycles. The summed E-state index contributed by atoms with van der Waals surface area (Å²) >= 11 is 1.33. The van der Waals surface area contributed by atoms with E-state index in [9.17, 15) is 14.0 Å². The van der Waals surface area contributed by atoms with Crippen LogP contribution in [0.5, 0.6) is 0 Å². The molecular formula is C20H23FN4O2S. The number of nitrogens with one attached hydrogen (secondary N) is 1. The fourth-order valence-corrected chi connectivity index (χ4v) is 4.90. The van der Waals surface area contributed by atoms with E-state index in [1.807, 2.05) is 0 Å². The molecule has 0 bridgehead atoms. The average Bonchev–Trinajstić information content (AvgIpc) is 3.35. The van der Waals surface area contributed by atoms with Crippen molar-refractivity contribution >= 4 is 23.6 Å². The number of carbonyl (C=O) groups is 2. The number of likely N-dealkylation sites (tertiary alicyclic amines) is 1. The Morgan fingerprint density at radius 1 is 1.11 bits per heavy atom. The van der Waals surface area contributed by atoms with Crippen LogP contribution in [0.2, 0.25) is 0 Å². The van der Waals surface area contributed by atoms with Crippen molar-refractivity contribution in [3.63, 3.8) is 0 Å². The molecule has 28 heavy (non-hydrogen) atoms. The number of imide groups is 1. The second kappa shape index (κ2) is 8.43. The molecule has 1 atom stereocenters. The molecule has 0 spiro atoms. The summed E-state index contributed by atoms with van der Waals surface area (Å²) in [6.45, 7) is 0.382. The second-order valence-corrected chi connectivity index (χ2v) is 8.56. The molecule has 2 heterocycles. The minimum absolute atomic E-state index is 0.218. The van der Waals surface area contributed by atoms with Gasteiger partial charge in [-0.15, -0.1) is 5.10 Å². The Balaban J connectivity index is 1.47. The van der Waals surface area contributed by atoms with Gasteiger partial charge >= 0.3 is 0 Å². The maximum atomic E-state index is 13.1. The van der Waals surface area contributed by atoms with E-state index in [1.54, 1.807) is 0 Å². The molecule has 0 radical (unpaired) electrons. The van der Waals surface area contributed by atoms with Gasteiger partial charge in [0, 0.05) is 18.0 Å². The number of carbonyl (C=O) groups excluding carboxylic acids is 2. The van der Waals surface area contributed by atoms with Crippen LogP contribution in [0, 0.1) is 5.82 Å². The van der Waals surface area contributed by atoms with E-state index in [4.69, 9.17) is 0 Å². The fraction of sp³-hybridized carbons (Fsp3) is 0.500. The van der Waals surface area contributed by atoms with Crippen LogP contribution in [0.25, 0.3) is 0 Å². The topological polar surface area (TPSA) is 79.0 Å². The van der Waals surface area contributed by atoms with Crippen molar-refractivity contribution in [2.75, 3.05) is 6.54 Å². The van der Waals surface area contributed by atoms with Gasteiger partial charge in [-0.3, -0.25) is 19.6 Å². The number of halogens is 1. The minimum atomic E-state index is -0.408. The van der Waals surface area contributed by atoms with Crippen LogP contribution in [-0.4, -0.2) is 43.7 Å². The van der Waals surface area contributed by atoms with Crippen LogP contribution in [0.15, 0.2) is 29.4 Å². The number of H-pyrrole nitrogens is 1. The highest BCUT2D eigenvalue weighted by molar-refractivity contribution is 8.00. The van der Waals surface area contributed by atoms with Gasteiger partial charge in [-0.2, -0.15) is 0 Å². The van der Waals surface area contributed by atoms with Crippen LogP contribution in [0.4, 0.5) is 4.39 Å². The zero-order chi connectivity index (χ0) is 19.5. The van der Waals surface area contributed by atoms with Gasteiger partial charge in [0.25, 0.3) is 5.91 Å². The molecule has 2 aliphatic rings. The Kier molecular flexibility index (Phi) is 5.75. The molecule has 148 valence electrons. The first kappa shape index (κ1) is 19.1. The first-order valence-electron chi connectivity index (χ1n) is 9.82. The maximum absolute atomic E-state index is 13.1. The van der Waals surface area contributed by atoms with Gasteiger partial charge in [-0.1, -0.05) is 31.0 Å². The lowest BCUT2D eigenvalue weighted by Gasteiger charge is -2.21.